The lowest BCUT2D eigenvalue weighted by Crippen LogP contribution is -2.45. The third-order valence-electron chi connectivity index (χ3n) is 4.93. The number of halogens is 2. The van der Waals surface area contributed by atoms with Gasteiger partial charge in [0, 0.05) is 11.6 Å². The highest BCUT2D eigenvalue weighted by Crippen LogP contribution is 2.21. The smallest absolute Gasteiger partial charge is 0.329 e. The van der Waals surface area contributed by atoms with Crippen LogP contribution in [0.4, 0.5) is 8.78 Å². The van der Waals surface area contributed by atoms with E-state index in [1.54, 1.807) is 31.2 Å². The number of nitrogens with zero attached hydrogens (tertiary/aromatic N) is 1. The van der Waals surface area contributed by atoms with Crippen LogP contribution in [0, 0.1) is 17.6 Å². The van der Waals surface area contributed by atoms with Crippen molar-refractivity contribution in [1.29, 1.82) is 0 Å². The molecule has 2 N–H and O–H groups in total. The van der Waals surface area contributed by atoms with Crippen molar-refractivity contribution in [3.63, 3.8) is 0 Å². The minimum absolute atomic E-state index is 0.00335. The number of aromatic amines is 1. The molecule has 3 rings (SSSR count). The van der Waals surface area contributed by atoms with Gasteiger partial charge in [0.05, 0.1) is 16.9 Å². The minimum Gasteiger partial charge on any atom is -0.348 e. The SMILES string of the molecule is CC(C)C[C@@H](C(=O)N[C@@H](C)c1ccc(F)cc1F)n1c(=O)[nH]c2ccccc2c1=O. The summed E-state index contributed by atoms with van der Waals surface area (Å²) < 4.78 is 28.2. The summed E-state index contributed by atoms with van der Waals surface area (Å²) in [6.45, 7) is 5.28. The molecule has 1 aromatic heterocycles. The molecular weight excluding hydrogens is 392 g/mol. The van der Waals surface area contributed by atoms with Gasteiger partial charge in [-0.25, -0.2) is 18.1 Å². The number of carbonyl (C=O) groups is 1. The quantitative estimate of drug-likeness (QED) is 0.647. The molecule has 2 aromatic carbocycles. The van der Waals surface area contributed by atoms with E-state index in [-0.39, 0.29) is 23.3 Å². The second-order valence-corrected chi connectivity index (χ2v) is 7.69. The van der Waals surface area contributed by atoms with Gasteiger partial charge in [-0.1, -0.05) is 32.0 Å². The largest absolute Gasteiger partial charge is 0.348 e. The summed E-state index contributed by atoms with van der Waals surface area (Å²) in [5, 5.41) is 2.94. The average Bonchev–Trinajstić information content (AvgIpc) is 2.66. The lowest BCUT2D eigenvalue weighted by molar-refractivity contribution is -0.125. The number of nitrogens with one attached hydrogen (secondary N) is 2. The highest BCUT2D eigenvalue weighted by Gasteiger charge is 2.27. The molecule has 3 aromatic rings. The fraction of sp³-hybridized carbons (Fsp3) is 0.318. The van der Waals surface area contributed by atoms with E-state index in [4.69, 9.17) is 0 Å². The minimum atomic E-state index is -1.09. The Balaban J connectivity index is 2.00. The highest BCUT2D eigenvalue weighted by atomic mass is 19.1. The van der Waals surface area contributed by atoms with Gasteiger partial charge < -0.3 is 10.3 Å². The molecule has 1 amide bonds. The van der Waals surface area contributed by atoms with Crippen molar-refractivity contribution in [2.75, 3.05) is 0 Å². The summed E-state index contributed by atoms with van der Waals surface area (Å²) >= 11 is 0. The van der Waals surface area contributed by atoms with Gasteiger partial charge in [0.1, 0.15) is 17.7 Å². The Hall–Kier alpha value is -3.29. The molecule has 0 unspecified atom stereocenters. The van der Waals surface area contributed by atoms with Crippen LogP contribution in [0.3, 0.4) is 0 Å². The van der Waals surface area contributed by atoms with Gasteiger partial charge >= 0.3 is 5.69 Å². The second-order valence-electron chi connectivity index (χ2n) is 7.69. The van der Waals surface area contributed by atoms with E-state index in [1.807, 2.05) is 13.8 Å². The van der Waals surface area contributed by atoms with E-state index in [9.17, 15) is 23.2 Å². The molecular formula is C22H23F2N3O3. The van der Waals surface area contributed by atoms with Crippen molar-refractivity contribution in [1.82, 2.24) is 14.9 Å². The van der Waals surface area contributed by atoms with Gasteiger partial charge in [-0.2, -0.15) is 0 Å². The summed E-state index contributed by atoms with van der Waals surface area (Å²) in [5.41, 5.74) is -0.780. The maximum Gasteiger partial charge on any atom is 0.329 e. The molecule has 1 heterocycles. The van der Waals surface area contributed by atoms with Crippen LogP contribution in [0.25, 0.3) is 10.9 Å². The van der Waals surface area contributed by atoms with Crippen molar-refractivity contribution >= 4 is 16.8 Å². The van der Waals surface area contributed by atoms with Crippen molar-refractivity contribution in [3.05, 3.63) is 80.5 Å². The molecule has 0 fully saturated rings. The normalized spacial score (nSPS) is 13.4. The van der Waals surface area contributed by atoms with Crippen LogP contribution in [0.5, 0.6) is 0 Å². The van der Waals surface area contributed by atoms with Crippen LogP contribution in [0.1, 0.15) is 44.8 Å². The van der Waals surface area contributed by atoms with Gasteiger partial charge in [0.2, 0.25) is 5.91 Å². The summed E-state index contributed by atoms with van der Waals surface area (Å²) in [7, 11) is 0. The number of para-hydroxylation sites is 1. The Morgan fingerprint density at radius 3 is 2.47 bits per heavy atom. The first-order valence-electron chi connectivity index (χ1n) is 9.68. The zero-order chi connectivity index (χ0) is 22.0. The molecule has 0 saturated heterocycles. The fourth-order valence-electron chi connectivity index (χ4n) is 3.48. The third kappa shape index (κ3) is 4.32. The molecule has 6 nitrogen and oxygen atoms in total. The molecule has 0 radical (unpaired) electrons. The van der Waals surface area contributed by atoms with Crippen LogP contribution >= 0.6 is 0 Å². The Labute approximate surface area is 171 Å². The Kier molecular flexibility index (Phi) is 6.14. The van der Waals surface area contributed by atoms with Crippen LogP contribution < -0.4 is 16.6 Å². The number of rotatable bonds is 6. The van der Waals surface area contributed by atoms with E-state index in [0.717, 1.165) is 16.7 Å². The predicted molar refractivity (Wildman–Crippen MR) is 110 cm³/mol. The lowest BCUT2D eigenvalue weighted by atomic mass is 10.0. The summed E-state index contributed by atoms with van der Waals surface area (Å²) in [6.07, 6.45) is 0.228. The van der Waals surface area contributed by atoms with Gasteiger partial charge in [0.25, 0.3) is 5.56 Å². The highest BCUT2D eigenvalue weighted by molar-refractivity contribution is 5.82. The number of fused-ring (bicyclic) bond motifs is 1. The van der Waals surface area contributed by atoms with E-state index < -0.39 is 40.9 Å². The predicted octanol–water partition coefficient (Wildman–Crippen LogP) is 3.43. The molecule has 0 aliphatic carbocycles. The number of aromatic nitrogens is 2. The summed E-state index contributed by atoms with van der Waals surface area (Å²) in [6, 6.07) is 7.77. The van der Waals surface area contributed by atoms with E-state index in [1.165, 1.54) is 6.07 Å². The van der Waals surface area contributed by atoms with E-state index in [2.05, 4.69) is 10.3 Å². The Morgan fingerprint density at radius 2 is 1.80 bits per heavy atom. The lowest BCUT2D eigenvalue weighted by Gasteiger charge is -2.23. The maximum atomic E-state index is 14.1. The molecule has 0 aliphatic rings. The molecule has 30 heavy (non-hydrogen) atoms. The number of carbonyl (C=O) groups excluding carboxylic acids is 1. The van der Waals surface area contributed by atoms with Gasteiger partial charge in [-0.05, 0) is 37.5 Å². The molecule has 8 heteroatoms. The van der Waals surface area contributed by atoms with Gasteiger partial charge in [-0.15, -0.1) is 0 Å². The standard InChI is InChI=1S/C22H23F2N3O3/c1-12(2)10-19(20(28)25-13(3)15-9-8-14(23)11-17(15)24)27-21(29)16-6-4-5-7-18(16)26-22(27)30/h4-9,11-13,19H,10H2,1-3H3,(H,25,28)(H,26,30)/t13-,19-/m0/s1. The average molecular weight is 415 g/mol. The van der Waals surface area contributed by atoms with Gasteiger partial charge in [0.15, 0.2) is 0 Å². The van der Waals surface area contributed by atoms with Crippen LogP contribution in [-0.2, 0) is 4.79 Å². The van der Waals surface area contributed by atoms with Crippen LogP contribution in [0.2, 0.25) is 0 Å². The monoisotopic (exact) mass is 415 g/mol. The Bertz CT molecular complexity index is 1200. The van der Waals surface area contributed by atoms with E-state index >= 15 is 0 Å². The van der Waals surface area contributed by atoms with Crippen molar-refractivity contribution < 1.29 is 13.6 Å². The molecule has 0 aliphatic heterocycles. The summed E-state index contributed by atoms with van der Waals surface area (Å²) in [4.78, 5) is 41.3. The molecule has 158 valence electrons. The number of amides is 1. The second kappa shape index (κ2) is 8.61. The van der Waals surface area contributed by atoms with Crippen molar-refractivity contribution in [3.8, 4) is 0 Å². The zero-order valence-corrected chi connectivity index (χ0v) is 16.9. The van der Waals surface area contributed by atoms with Crippen molar-refractivity contribution in [2.24, 2.45) is 5.92 Å². The van der Waals surface area contributed by atoms with Crippen LogP contribution in [0.15, 0.2) is 52.1 Å². The first-order chi connectivity index (χ1) is 14.2. The molecule has 2 atom stereocenters. The number of hydrogen-bond donors (Lipinski definition) is 2. The summed E-state index contributed by atoms with van der Waals surface area (Å²) in [5.74, 6) is -2.11. The molecule has 0 saturated carbocycles. The van der Waals surface area contributed by atoms with E-state index in [0.29, 0.717) is 5.52 Å². The molecule has 0 spiro atoms. The third-order valence-corrected chi connectivity index (χ3v) is 4.93. The first kappa shape index (κ1) is 21.4. The number of H-pyrrole nitrogens is 1. The Morgan fingerprint density at radius 1 is 1.10 bits per heavy atom. The number of benzene rings is 2. The van der Waals surface area contributed by atoms with Gasteiger partial charge in [-0.3, -0.25) is 9.59 Å². The first-order valence-corrected chi connectivity index (χ1v) is 9.68. The molecule has 0 bridgehead atoms. The topological polar surface area (TPSA) is 84.0 Å². The van der Waals surface area contributed by atoms with Crippen molar-refractivity contribution in [2.45, 2.75) is 39.3 Å². The zero-order valence-electron chi connectivity index (χ0n) is 16.9. The maximum absolute atomic E-state index is 14.1. The fourth-order valence-corrected chi connectivity index (χ4v) is 3.48. The number of hydrogen-bond acceptors (Lipinski definition) is 3. The van der Waals surface area contributed by atoms with Crippen LogP contribution in [-0.4, -0.2) is 15.5 Å².